The number of likely N-dealkylation sites (tertiary alicyclic amines) is 1. The molecule has 1 aliphatic heterocycles. The number of nitrogens with zero attached hydrogens (tertiary/aromatic N) is 3. The van der Waals surface area contributed by atoms with Crippen LogP contribution < -0.4 is 0 Å². The van der Waals surface area contributed by atoms with E-state index >= 15 is 0 Å². The van der Waals surface area contributed by atoms with Crippen molar-refractivity contribution in [1.82, 2.24) is 14.8 Å². The number of carbonyl (C=O) groups is 1. The van der Waals surface area contributed by atoms with Crippen LogP contribution in [0.5, 0.6) is 0 Å². The number of amides is 1. The zero-order valence-electron chi connectivity index (χ0n) is 14.9. The lowest BCUT2D eigenvalue weighted by Crippen LogP contribution is -2.44. The van der Waals surface area contributed by atoms with E-state index in [1.165, 1.54) is 12.1 Å². The molecule has 1 saturated heterocycles. The van der Waals surface area contributed by atoms with Crippen molar-refractivity contribution in [3.8, 4) is 0 Å². The fourth-order valence-electron chi connectivity index (χ4n) is 3.45. The lowest BCUT2D eigenvalue weighted by atomic mass is 10.0. The molecular weight excluding hydrogens is 333 g/mol. The second-order valence-corrected chi connectivity index (χ2v) is 7.12. The number of hydrogen-bond acceptors (Lipinski definition) is 4. The number of rotatable bonds is 6. The minimum atomic E-state index is -0.914. The summed E-state index contributed by atoms with van der Waals surface area (Å²) in [5.74, 6) is -0.234. The first-order chi connectivity index (χ1) is 12.4. The Labute approximate surface area is 153 Å². The topological polar surface area (TPSA) is 56.7 Å². The largest absolute Gasteiger partial charge is 0.387 e. The number of carbonyl (C=O) groups excluding carboxylic acids is 1. The van der Waals surface area contributed by atoms with E-state index in [1.807, 2.05) is 24.1 Å². The molecule has 5 nitrogen and oxygen atoms in total. The van der Waals surface area contributed by atoms with Gasteiger partial charge in [0.15, 0.2) is 0 Å². The number of aliphatic hydroxyl groups is 1. The second-order valence-electron chi connectivity index (χ2n) is 7.12. The Morgan fingerprint density at radius 3 is 2.62 bits per heavy atom. The number of β-amino-alcohol motifs (C(OH)–C–C–N with tert-alkyl or cyclic N) is 1. The second kappa shape index (κ2) is 7.93. The van der Waals surface area contributed by atoms with Crippen molar-refractivity contribution in [3.63, 3.8) is 0 Å². The molecule has 3 rings (SSSR count). The normalized spacial score (nSPS) is 19.9. The summed E-state index contributed by atoms with van der Waals surface area (Å²) < 4.78 is 13.0. The highest BCUT2D eigenvalue weighted by molar-refractivity contribution is 5.79. The van der Waals surface area contributed by atoms with Crippen molar-refractivity contribution in [2.45, 2.75) is 25.0 Å². The zero-order chi connectivity index (χ0) is 18.6. The summed E-state index contributed by atoms with van der Waals surface area (Å²) in [6, 6.07) is 10.0. The summed E-state index contributed by atoms with van der Waals surface area (Å²) in [6.45, 7) is 1.98. The molecule has 138 valence electrons. The first-order valence-electron chi connectivity index (χ1n) is 8.76. The van der Waals surface area contributed by atoms with Gasteiger partial charge >= 0.3 is 0 Å². The number of halogens is 1. The maximum Gasteiger partial charge on any atom is 0.227 e. The lowest BCUT2D eigenvalue weighted by Gasteiger charge is -2.29. The van der Waals surface area contributed by atoms with Crippen molar-refractivity contribution < 1.29 is 14.3 Å². The van der Waals surface area contributed by atoms with Crippen molar-refractivity contribution in [1.29, 1.82) is 0 Å². The van der Waals surface area contributed by atoms with E-state index in [9.17, 15) is 14.3 Å². The third-order valence-corrected chi connectivity index (χ3v) is 4.72. The number of benzene rings is 1. The molecule has 1 amide bonds. The molecule has 1 atom stereocenters. The van der Waals surface area contributed by atoms with Gasteiger partial charge in [0.2, 0.25) is 5.91 Å². The highest BCUT2D eigenvalue weighted by atomic mass is 19.1. The molecule has 1 aromatic carbocycles. The summed E-state index contributed by atoms with van der Waals surface area (Å²) in [7, 11) is 1.92. The molecule has 1 aromatic heterocycles. The maximum absolute atomic E-state index is 13.0. The third-order valence-electron chi connectivity index (χ3n) is 4.72. The first-order valence-corrected chi connectivity index (χ1v) is 8.76. The maximum atomic E-state index is 13.0. The average molecular weight is 357 g/mol. The Balaban J connectivity index is 1.52. The predicted molar refractivity (Wildman–Crippen MR) is 96.8 cm³/mol. The number of aromatic nitrogens is 1. The molecule has 1 aliphatic rings. The Morgan fingerprint density at radius 1 is 1.23 bits per heavy atom. The van der Waals surface area contributed by atoms with Crippen molar-refractivity contribution in [2.75, 3.05) is 26.7 Å². The fourth-order valence-corrected chi connectivity index (χ4v) is 3.45. The molecule has 1 unspecified atom stereocenters. The van der Waals surface area contributed by atoms with E-state index in [0.717, 1.165) is 11.1 Å². The van der Waals surface area contributed by atoms with Crippen molar-refractivity contribution >= 4 is 5.91 Å². The van der Waals surface area contributed by atoms with Gasteiger partial charge in [-0.15, -0.1) is 0 Å². The van der Waals surface area contributed by atoms with E-state index < -0.39 is 5.60 Å². The minimum absolute atomic E-state index is 0.0216. The number of pyridine rings is 1. The third kappa shape index (κ3) is 4.86. The van der Waals surface area contributed by atoms with Crippen molar-refractivity contribution in [2.24, 2.45) is 0 Å². The summed E-state index contributed by atoms with van der Waals surface area (Å²) in [5.41, 5.74) is 0.998. The van der Waals surface area contributed by atoms with Crippen molar-refractivity contribution in [3.05, 3.63) is 65.7 Å². The fraction of sp³-hybridized carbons (Fsp3) is 0.400. The molecule has 6 heteroatoms. The van der Waals surface area contributed by atoms with Crippen LogP contribution in [0.4, 0.5) is 4.39 Å². The van der Waals surface area contributed by atoms with Gasteiger partial charge in [0.05, 0.1) is 18.6 Å². The monoisotopic (exact) mass is 357 g/mol. The highest BCUT2D eigenvalue weighted by Crippen LogP contribution is 2.23. The summed E-state index contributed by atoms with van der Waals surface area (Å²) in [6.07, 6.45) is 4.23. The molecule has 0 bridgehead atoms. The molecule has 0 radical (unpaired) electrons. The van der Waals surface area contributed by atoms with Gasteiger partial charge in [-0.25, -0.2) is 4.39 Å². The Bertz CT molecular complexity index is 738. The SMILES string of the molecule is CN(Cc1ccc(F)cc1)CC1(O)CCN(C(=O)Cc2ccncc2)C1. The molecule has 0 aliphatic carbocycles. The van der Waals surface area contributed by atoms with Gasteiger partial charge in [-0.1, -0.05) is 12.1 Å². The quantitative estimate of drug-likeness (QED) is 0.857. The first kappa shape index (κ1) is 18.5. The van der Waals surface area contributed by atoms with Crippen LogP contribution >= 0.6 is 0 Å². The van der Waals surface area contributed by atoms with E-state index in [4.69, 9.17) is 0 Å². The van der Waals surface area contributed by atoms with Crippen LogP contribution in [0.25, 0.3) is 0 Å². The van der Waals surface area contributed by atoms with E-state index in [1.54, 1.807) is 29.4 Å². The molecular formula is C20H24FN3O2. The van der Waals surface area contributed by atoms with Gasteiger partial charge in [0.1, 0.15) is 5.82 Å². The van der Waals surface area contributed by atoms with Crippen LogP contribution in [0.15, 0.2) is 48.8 Å². The van der Waals surface area contributed by atoms with Crippen LogP contribution in [-0.4, -0.2) is 58.1 Å². The van der Waals surface area contributed by atoms with Gasteiger partial charge in [-0.05, 0) is 48.9 Å². The molecule has 2 aromatic rings. The molecule has 0 spiro atoms. The van der Waals surface area contributed by atoms with Gasteiger partial charge in [0.25, 0.3) is 0 Å². The predicted octanol–water partition coefficient (Wildman–Crippen LogP) is 1.86. The van der Waals surface area contributed by atoms with Crippen LogP contribution in [-0.2, 0) is 17.8 Å². The summed E-state index contributed by atoms with van der Waals surface area (Å²) >= 11 is 0. The van der Waals surface area contributed by atoms with Gasteiger partial charge < -0.3 is 10.0 Å². The average Bonchev–Trinajstić information content (AvgIpc) is 2.99. The van der Waals surface area contributed by atoms with Gasteiger partial charge in [-0.3, -0.25) is 14.7 Å². The molecule has 0 saturated carbocycles. The van der Waals surface area contributed by atoms with Crippen LogP contribution in [0.2, 0.25) is 0 Å². The summed E-state index contributed by atoms with van der Waals surface area (Å²) in [5, 5.41) is 10.9. The smallest absolute Gasteiger partial charge is 0.227 e. The molecule has 2 heterocycles. The van der Waals surface area contributed by atoms with Crippen LogP contribution in [0.3, 0.4) is 0 Å². The molecule has 26 heavy (non-hydrogen) atoms. The van der Waals surface area contributed by atoms with Crippen LogP contribution in [0.1, 0.15) is 17.5 Å². The standard InChI is InChI=1S/C20H24FN3O2/c1-23(13-17-2-4-18(21)5-3-17)14-20(26)8-11-24(15-20)19(25)12-16-6-9-22-10-7-16/h2-7,9-10,26H,8,11-15H2,1H3. The zero-order valence-corrected chi connectivity index (χ0v) is 14.9. The van der Waals surface area contributed by atoms with E-state index in [2.05, 4.69) is 4.98 Å². The van der Waals surface area contributed by atoms with Gasteiger partial charge in [0, 0.05) is 32.0 Å². The summed E-state index contributed by atoms with van der Waals surface area (Å²) in [4.78, 5) is 20.1. The number of hydrogen-bond donors (Lipinski definition) is 1. The Kier molecular flexibility index (Phi) is 5.64. The van der Waals surface area contributed by atoms with E-state index in [-0.39, 0.29) is 11.7 Å². The Morgan fingerprint density at radius 2 is 1.92 bits per heavy atom. The Hall–Kier alpha value is -2.31. The highest BCUT2D eigenvalue weighted by Gasteiger charge is 2.38. The minimum Gasteiger partial charge on any atom is -0.387 e. The molecule has 1 N–H and O–H groups in total. The number of likely N-dealkylation sites (N-methyl/N-ethyl adjacent to an activating group) is 1. The van der Waals surface area contributed by atoms with Gasteiger partial charge in [-0.2, -0.15) is 0 Å². The van der Waals surface area contributed by atoms with E-state index in [0.29, 0.717) is 39.0 Å². The lowest BCUT2D eigenvalue weighted by molar-refractivity contribution is -0.130. The van der Waals surface area contributed by atoms with Crippen LogP contribution in [0, 0.1) is 5.82 Å². The molecule has 1 fully saturated rings.